The Balaban J connectivity index is 1.46. The molecule has 0 saturated carbocycles. The molecule has 1 fully saturated rings. The van der Waals surface area contributed by atoms with Crippen molar-refractivity contribution < 1.29 is 14.4 Å². The summed E-state index contributed by atoms with van der Waals surface area (Å²) in [4.78, 5) is 42.9. The quantitative estimate of drug-likeness (QED) is 0.589. The number of rotatable bonds is 5. The number of hydrogen-bond acceptors (Lipinski definition) is 5. The van der Waals surface area contributed by atoms with Crippen LogP contribution in [0.2, 0.25) is 5.02 Å². The molecule has 1 aromatic heterocycles. The number of amides is 3. The van der Waals surface area contributed by atoms with Gasteiger partial charge in [-0.05, 0) is 42.3 Å². The number of imide groups is 1. The van der Waals surface area contributed by atoms with E-state index in [1.807, 2.05) is 25.1 Å². The van der Waals surface area contributed by atoms with E-state index in [-0.39, 0.29) is 30.6 Å². The highest BCUT2D eigenvalue weighted by molar-refractivity contribution is 7.15. The molecule has 3 aromatic rings. The van der Waals surface area contributed by atoms with Gasteiger partial charge in [-0.3, -0.25) is 24.6 Å². The largest absolute Gasteiger partial charge is 0.298 e. The van der Waals surface area contributed by atoms with Crippen molar-refractivity contribution in [2.24, 2.45) is 0 Å². The highest BCUT2D eigenvalue weighted by atomic mass is 35.5. The molecule has 0 unspecified atom stereocenters. The summed E-state index contributed by atoms with van der Waals surface area (Å²) in [5.74, 6) is -0.855. The minimum atomic E-state index is -0.352. The maximum atomic E-state index is 12.6. The summed E-state index contributed by atoms with van der Waals surface area (Å²) >= 11 is 7.57. The number of aryl methyl sites for hydroxylation is 1. The third-order valence-corrected chi connectivity index (χ3v) is 6.13. The van der Waals surface area contributed by atoms with E-state index >= 15 is 0 Å². The molecule has 0 bridgehead atoms. The van der Waals surface area contributed by atoms with Crippen molar-refractivity contribution in [1.82, 2.24) is 4.98 Å². The van der Waals surface area contributed by atoms with Gasteiger partial charge in [-0.1, -0.05) is 29.8 Å². The number of nitrogens with zero attached hydrogens (tertiary/aromatic N) is 2. The average Bonchev–Trinajstić information content (AvgIpc) is 3.30. The fourth-order valence-electron chi connectivity index (χ4n) is 3.21. The van der Waals surface area contributed by atoms with Crippen LogP contribution in [0.15, 0.2) is 48.7 Å². The van der Waals surface area contributed by atoms with Crippen LogP contribution in [0.25, 0.3) is 0 Å². The van der Waals surface area contributed by atoms with Crippen LogP contribution in [0.1, 0.15) is 39.2 Å². The van der Waals surface area contributed by atoms with Crippen LogP contribution >= 0.6 is 22.9 Å². The Morgan fingerprint density at radius 3 is 2.67 bits per heavy atom. The Morgan fingerprint density at radius 1 is 1.17 bits per heavy atom. The lowest BCUT2D eigenvalue weighted by Gasteiger charge is -2.14. The predicted molar refractivity (Wildman–Crippen MR) is 117 cm³/mol. The van der Waals surface area contributed by atoms with Crippen LogP contribution in [0, 0.1) is 6.92 Å². The Labute approximate surface area is 182 Å². The van der Waals surface area contributed by atoms with E-state index in [0.717, 1.165) is 25.9 Å². The van der Waals surface area contributed by atoms with Crippen LogP contribution < -0.4 is 10.2 Å². The van der Waals surface area contributed by atoms with E-state index in [1.54, 1.807) is 30.5 Å². The Hall–Kier alpha value is -3.03. The molecular weight excluding hydrogens is 422 g/mol. The van der Waals surface area contributed by atoms with Crippen LogP contribution in [0.5, 0.6) is 0 Å². The molecule has 8 heteroatoms. The Morgan fingerprint density at radius 2 is 1.93 bits per heavy atom. The van der Waals surface area contributed by atoms with E-state index in [4.69, 9.17) is 11.6 Å². The van der Waals surface area contributed by atoms with E-state index < -0.39 is 0 Å². The standard InChI is InChI=1S/C22H18ClN3O3S/c1-13-5-6-14(10-18(13)23)9-17-12-24-22(30-17)25-21(29)15-3-2-4-16(11-15)26-19(27)7-8-20(26)28/h2-6,10-12H,7-9H2,1H3,(H,24,25,29). The third kappa shape index (κ3) is 4.27. The molecule has 0 radical (unpaired) electrons. The number of hydrogen-bond donors (Lipinski definition) is 1. The second-order valence-electron chi connectivity index (χ2n) is 7.02. The van der Waals surface area contributed by atoms with Gasteiger partial charge in [0.05, 0.1) is 5.69 Å². The molecule has 2 aromatic carbocycles. The van der Waals surface area contributed by atoms with Gasteiger partial charge in [0.2, 0.25) is 11.8 Å². The first-order valence-electron chi connectivity index (χ1n) is 9.37. The fraction of sp³-hybridized carbons (Fsp3) is 0.182. The van der Waals surface area contributed by atoms with Crippen LogP contribution in [0.3, 0.4) is 0 Å². The number of benzene rings is 2. The van der Waals surface area contributed by atoms with Gasteiger partial charge in [-0.2, -0.15) is 0 Å². The van der Waals surface area contributed by atoms with Crippen LogP contribution in [-0.2, 0) is 16.0 Å². The van der Waals surface area contributed by atoms with Crippen molar-refractivity contribution in [3.05, 3.63) is 75.3 Å². The SMILES string of the molecule is Cc1ccc(Cc2cnc(NC(=O)c3cccc(N4C(=O)CCC4=O)c3)s2)cc1Cl. The smallest absolute Gasteiger partial charge is 0.257 e. The Kier molecular flexibility index (Phi) is 5.65. The second kappa shape index (κ2) is 8.38. The van der Waals surface area contributed by atoms with E-state index in [1.165, 1.54) is 11.3 Å². The van der Waals surface area contributed by atoms with Gasteiger partial charge in [0, 0.05) is 40.9 Å². The third-order valence-electron chi connectivity index (χ3n) is 4.81. The lowest BCUT2D eigenvalue weighted by molar-refractivity contribution is -0.121. The van der Waals surface area contributed by atoms with Gasteiger partial charge in [0.15, 0.2) is 5.13 Å². The van der Waals surface area contributed by atoms with E-state index in [2.05, 4.69) is 10.3 Å². The maximum Gasteiger partial charge on any atom is 0.257 e. The molecule has 0 spiro atoms. The zero-order valence-electron chi connectivity index (χ0n) is 16.1. The first-order chi connectivity index (χ1) is 14.4. The molecule has 1 saturated heterocycles. The minimum absolute atomic E-state index is 0.198. The summed E-state index contributed by atoms with van der Waals surface area (Å²) in [5.41, 5.74) is 2.85. The first-order valence-corrected chi connectivity index (χ1v) is 10.6. The van der Waals surface area contributed by atoms with Crippen molar-refractivity contribution in [3.8, 4) is 0 Å². The fourth-order valence-corrected chi connectivity index (χ4v) is 4.26. The number of thiazole rings is 1. The van der Waals surface area contributed by atoms with Crippen molar-refractivity contribution in [1.29, 1.82) is 0 Å². The number of carbonyl (C=O) groups excluding carboxylic acids is 3. The van der Waals surface area contributed by atoms with Crippen molar-refractivity contribution in [3.63, 3.8) is 0 Å². The Bertz CT molecular complexity index is 1140. The molecule has 30 heavy (non-hydrogen) atoms. The first kappa shape index (κ1) is 20.3. The molecule has 1 aliphatic heterocycles. The summed E-state index contributed by atoms with van der Waals surface area (Å²) in [6, 6.07) is 12.4. The van der Waals surface area contributed by atoms with Gasteiger partial charge < -0.3 is 0 Å². The van der Waals surface area contributed by atoms with Crippen molar-refractivity contribution >= 4 is 51.5 Å². The van der Waals surface area contributed by atoms with E-state index in [0.29, 0.717) is 22.8 Å². The number of nitrogens with one attached hydrogen (secondary N) is 1. The van der Waals surface area contributed by atoms with Crippen molar-refractivity contribution in [2.45, 2.75) is 26.2 Å². The number of carbonyl (C=O) groups is 3. The zero-order valence-corrected chi connectivity index (χ0v) is 17.7. The van der Waals surface area contributed by atoms with Gasteiger partial charge in [0.1, 0.15) is 0 Å². The molecule has 2 heterocycles. The lowest BCUT2D eigenvalue weighted by Crippen LogP contribution is -2.28. The normalized spacial score (nSPS) is 13.7. The van der Waals surface area contributed by atoms with Gasteiger partial charge in [-0.15, -0.1) is 11.3 Å². The molecule has 6 nitrogen and oxygen atoms in total. The molecule has 152 valence electrons. The zero-order chi connectivity index (χ0) is 21.3. The topological polar surface area (TPSA) is 79.4 Å². The second-order valence-corrected chi connectivity index (χ2v) is 8.54. The molecule has 1 aliphatic rings. The van der Waals surface area contributed by atoms with Crippen LogP contribution in [-0.4, -0.2) is 22.7 Å². The van der Waals surface area contributed by atoms with Gasteiger partial charge >= 0.3 is 0 Å². The average molecular weight is 440 g/mol. The molecular formula is C22H18ClN3O3S. The van der Waals surface area contributed by atoms with Crippen LogP contribution in [0.4, 0.5) is 10.8 Å². The number of halogens is 1. The van der Waals surface area contributed by atoms with E-state index in [9.17, 15) is 14.4 Å². The number of anilines is 2. The summed E-state index contributed by atoms with van der Waals surface area (Å²) in [6.45, 7) is 1.96. The monoisotopic (exact) mass is 439 g/mol. The summed E-state index contributed by atoms with van der Waals surface area (Å²) in [7, 11) is 0. The van der Waals surface area contributed by atoms with Crippen molar-refractivity contribution in [2.75, 3.05) is 10.2 Å². The number of aromatic nitrogens is 1. The van der Waals surface area contributed by atoms with Gasteiger partial charge in [-0.25, -0.2) is 4.98 Å². The molecule has 4 rings (SSSR count). The highest BCUT2D eigenvalue weighted by Crippen LogP contribution is 2.26. The summed E-state index contributed by atoms with van der Waals surface area (Å²) < 4.78 is 0. The minimum Gasteiger partial charge on any atom is -0.298 e. The molecule has 0 aliphatic carbocycles. The lowest BCUT2D eigenvalue weighted by atomic mass is 10.1. The summed E-state index contributed by atoms with van der Waals surface area (Å²) in [6.07, 6.45) is 2.79. The highest BCUT2D eigenvalue weighted by Gasteiger charge is 2.30. The maximum absolute atomic E-state index is 12.6. The molecule has 1 N–H and O–H groups in total. The summed E-state index contributed by atoms with van der Waals surface area (Å²) in [5, 5.41) is 3.98. The molecule has 3 amide bonds. The molecule has 0 atom stereocenters. The van der Waals surface area contributed by atoms with Gasteiger partial charge in [0.25, 0.3) is 5.91 Å². The predicted octanol–water partition coefficient (Wildman–Crippen LogP) is 4.60.